The zero-order valence-corrected chi connectivity index (χ0v) is 13.9. The number of nitrogens with zero attached hydrogens (tertiary/aromatic N) is 2. The number of hydrogen-bond acceptors (Lipinski definition) is 4. The van der Waals surface area contributed by atoms with Gasteiger partial charge < -0.3 is 10.1 Å². The molecule has 0 spiro atoms. The van der Waals surface area contributed by atoms with Gasteiger partial charge in [-0.05, 0) is 37.0 Å². The minimum Gasteiger partial charge on any atom is -0.442 e. The van der Waals surface area contributed by atoms with Gasteiger partial charge in [-0.15, -0.1) is 0 Å². The standard InChI is InChI=1S/C17H19N3O2S/c1-2-15(23)19-9-14-10-20(16(21)22-14)13-5-3-12(4-6-13)17(11-18)7-8-17/h3-6,14H,2,7-10H2,1H3,(H,19,23). The van der Waals surface area contributed by atoms with Crippen molar-refractivity contribution in [1.82, 2.24) is 5.32 Å². The molecule has 1 saturated heterocycles. The number of nitriles is 1. The zero-order valence-electron chi connectivity index (χ0n) is 13.0. The molecule has 23 heavy (non-hydrogen) atoms. The summed E-state index contributed by atoms with van der Waals surface area (Å²) in [6, 6.07) is 10.0. The van der Waals surface area contributed by atoms with Crippen molar-refractivity contribution in [3.8, 4) is 6.07 Å². The van der Waals surface area contributed by atoms with Crippen molar-refractivity contribution < 1.29 is 9.53 Å². The van der Waals surface area contributed by atoms with Crippen molar-refractivity contribution in [3.63, 3.8) is 0 Å². The Morgan fingerprint density at radius 2 is 2.17 bits per heavy atom. The maximum atomic E-state index is 12.0. The number of benzene rings is 1. The van der Waals surface area contributed by atoms with Crippen molar-refractivity contribution in [2.45, 2.75) is 37.7 Å². The Hall–Kier alpha value is -2.13. The van der Waals surface area contributed by atoms with Gasteiger partial charge in [-0.2, -0.15) is 5.26 Å². The van der Waals surface area contributed by atoms with E-state index in [-0.39, 0.29) is 17.6 Å². The number of carbonyl (C=O) groups excluding carboxylic acids is 1. The van der Waals surface area contributed by atoms with Gasteiger partial charge in [0.25, 0.3) is 0 Å². The van der Waals surface area contributed by atoms with Gasteiger partial charge in [-0.25, -0.2) is 4.79 Å². The number of thiocarbonyl (C=S) groups is 1. The van der Waals surface area contributed by atoms with Gasteiger partial charge in [0, 0.05) is 5.69 Å². The highest BCUT2D eigenvalue weighted by atomic mass is 32.1. The minimum absolute atomic E-state index is 0.208. The number of cyclic esters (lactones) is 1. The van der Waals surface area contributed by atoms with Crippen LogP contribution in [0.2, 0.25) is 0 Å². The largest absolute Gasteiger partial charge is 0.442 e. The molecule has 120 valence electrons. The molecule has 1 aromatic rings. The highest BCUT2D eigenvalue weighted by molar-refractivity contribution is 7.80. The summed E-state index contributed by atoms with van der Waals surface area (Å²) in [6.45, 7) is 3.02. The van der Waals surface area contributed by atoms with Crippen molar-refractivity contribution >= 4 is 29.0 Å². The van der Waals surface area contributed by atoms with Crippen molar-refractivity contribution in [1.29, 1.82) is 5.26 Å². The molecule has 1 amide bonds. The first-order valence-corrected chi connectivity index (χ1v) is 8.25. The molecule has 2 fully saturated rings. The molecule has 1 saturated carbocycles. The van der Waals surface area contributed by atoms with Gasteiger partial charge in [0.2, 0.25) is 0 Å². The van der Waals surface area contributed by atoms with E-state index in [2.05, 4.69) is 11.4 Å². The van der Waals surface area contributed by atoms with E-state index >= 15 is 0 Å². The molecular weight excluding hydrogens is 310 g/mol. The molecule has 1 N–H and O–H groups in total. The molecule has 1 unspecified atom stereocenters. The second-order valence-corrected chi connectivity index (χ2v) is 6.51. The van der Waals surface area contributed by atoms with Gasteiger partial charge >= 0.3 is 6.09 Å². The van der Waals surface area contributed by atoms with E-state index in [9.17, 15) is 10.1 Å². The minimum atomic E-state index is -0.339. The second kappa shape index (κ2) is 6.17. The van der Waals surface area contributed by atoms with E-state index in [0.29, 0.717) is 13.1 Å². The summed E-state index contributed by atoms with van der Waals surface area (Å²) >= 11 is 5.12. The van der Waals surface area contributed by atoms with Crippen LogP contribution in [-0.4, -0.2) is 30.3 Å². The highest BCUT2D eigenvalue weighted by Gasteiger charge is 2.44. The molecule has 0 aromatic heterocycles. The molecule has 0 radical (unpaired) electrons. The normalized spacial score (nSPS) is 21.5. The van der Waals surface area contributed by atoms with Crippen LogP contribution in [0.15, 0.2) is 24.3 Å². The number of hydrogen-bond donors (Lipinski definition) is 1. The van der Waals surface area contributed by atoms with E-state index in [1.54, 1.807) is 4.90 Å². The first kappa shape index (κ1) is 15.8. The summed E-state index contributed by atoms with van der Waals surface area (Å²) in [5, 5.41) is 12.3. The molecule has 1 aliphatic heterocycles. The number of anilines is 1. The molecule has 1 heterocycles. The predicted molar refractivity (Wildman–Crippen MR) is 91.5 cm³/mol. The van der Waals surface area contributed by atoms with Gasteiger partial charge in [0.05, 0.1) is 29.6 Å². The van der Waals surface area contributed by atoms with E-state index in [4.69, 9.17) is 17.0 Å². The van der Waals surface area contributed by atoms with E-state index < -0.39 is 0 Å². The van der Waals surface area contributed by atoms with Crippen molar-refractivity contribution in [2.24, 2.45) is 0 Å². The molecular formula is C17H19N3O2S. The molecule has 2 aliphatic rings. The first-order valence-electron chi connectivity index (χ1n) is 7.84. The Morgan fingerprint density at radius 1 is 1.48 bits per heavy atom. The molecule has 1 aromatic carbocycles. The molecule has 6 heteroatoms. The molecule has 3 rings (SSSR count). The van der Waals surface area contributed by atoms with Crippen LogP contribution in [0.1, 0.15) is 31.7 Å². The maximum Gasteiger partial charge on any atom is 0.414 e. The zero-order chi connectivity index (χ0) is 16.4. The fraction of sp³-hybridized carbons (Fsp3) is 0.471. The van der Waals surface area contributed by atoms with Crippen molar-refractivity contribution in [3.05, 3.63) is 29.8 Å². The Kier molecular flexibility index (Phi) is 4.22. The smallest absolute Gasteiger partial charge is 0.414 e. The van der Waals surface area contributed by atoms with Gasteiger partial charge in [-0.1, -0.05) is 31.3 Å². The number of carbonyl (C=O) groups is 1. The second-order valence-electron chi connectivity index (χ2n) is 6.01. The quantitative estimate of drug-likeness (QED) is 0.842. The third-order valence-corrected chi connectivity index (χ3v) is 4.85. The van der Waals surface area contributed by atoms with Crippen LogP contribution in [0.25, 0.3) is 0 Å². The molecule has 1 aliphatic carbocycles. The average Bonchev–Trinajstić information content (AvgIpc) is 3.30. The Bertz CT molecular complexity index is 661. The topological polar surface area (TPSA) is 65.4 Å². The first-order chi connectivity index (χ1) is 11.1. The van der Waals surface area contributed by atoms with Gasteiger partial charge in [-0.3, -0.25) is 4.90 Å². The van der Waals surface area contributed by atoms with E-state index in [0.717, 1.165) is 35.5 Å². The molecule has 1 atom stereocenters. The third kappa shape index (κ3) is 3.15. The fourth-order valence-electron chi connectivity index (χ4n) is 2.74. The lowest BCUT2D eigenvalue weighted by Crippen LogP contribution is -2.33. The highest BCUT2D eigenvalue weighted by Crippen LogP contribution is 2.47. The van der Waals surface area contributed by atoms with Gasteiger partial charge in [0.15, 0.2) is 0 Å². The summed E-state index contributed by atoms with van der Waals surface area (Å²) in [5.41, 5.74) is 1.53. The van der Waals surface area contributed by atoms with Crippen LogP contribution in [0.3, 0.4) is 0 Å². The van der Waals surface area contributed by atoms with Crippen LogP contribution in [0.4, 0.5) is 10.5 Å². The maximum absolute atomic E-state index is 12.0. The number of nitrogens with one attached hydrogen (secondary N) is 1. The van der Waals surface area contributed by atoms with Crippen LogP contribution >= 0.6 is 12.2 Å². The van der Waals surface area contributed by atoms with E-state index in [1.807, 2.05) is 31.2 Å². The van der Waals surface area contributed by atoms with Gasteiger partial charge in [0.1, 0.15) is 6.10 Å². The Morgan fingerprint density at radius 3 is 2.74 bits per heavy atom. The van der Waals surface area contributed by atoms with Crippen LogP contribution in [0.5, 0.6) is 0 Å². The number of amides is 1. The summed E-state index contributed by atoms with van der Waals surface area (Å²) in [4.78, 5) is 14.4. The van der Waals surface area contributed by atoms with Crippen LogP contribution < -0.4 is 10.2 Å². The summed E-state index contributed by atoms with van der Waals surface area (Å²) in [5.74, 6) is 0. The summed E-state index contributed by atoms with van der Waals surface area (Å²) < 4.78 is 5.37. The lowest BCUT2D eigenvalue weighted by atomic mass is 9.97. The lowest BCUT2D eigenvalue weighted by molar-refractivity contribution is 0.143. The molecule has 0 bridgehead atoms. The van der Waals surface area contributed by atoms with Crippen molar-refractivity contribution in [2.75, 3.05) is 18.0 Å². The summed E-state index contributed by atoms with van der Waals surface area (Å²) in [6.07, 6.45) is 2.07. The van der Waals surface area contributed by atoms with Crippen LogP contribution in [-0.2, 0) is 10.2 Å². The Balaban J connectivity index is 1.64. The molecule has 5 nitrogen and oxygen atoms in total. The number of ether oxygens (including phenoxy) is 1. The Labute approximate surface area is 141 Å². The summed E-state index contributed by atoms with van der Waals surface area (Å²) in [7, 11) is 0. The SMILES string of the molecule is CCC(=S)NCC1CN(c2ccc(C3(C#N)CC3)cc2)C(=O)O1. The van der Waals surface area contributed by atoms with Crippen LogP contribution in [0, 0.1) is 11.3 Å². The monoisotopic (exact) mass is 329 g/mol. The fourth-order valence-corrected chi connectivity index (χ4v) is 2.83. The van der Waals surface area contributed by atoms with E-state index in [1.165, 1.54) is 0 Å². The number of rotatable bonds is 5. The predicted octanol–water partition coefficient (Wildman–Crippen LogP) is 2.89. The lowest BCUT2D eigenvalue weighted by Gasteiger charge is -2.15. The average molecular weight is 329 g/mol. The third-order valence-electron chi connectivity index (χ3n) is 4.42.